The number of rotatable bonds is 3. The van der Waals surface area contributed by atoms with Gasteiger partial charge in [-0.2, -0.15) is 4.98 Å². The Bertz CT molecular complexity index is 391. The van der Waals surface area contributed by atoms with Crippen molar-refractivity contribution < 1.29 is 14.1 Å². The van der Waals surface area contributed by atoms with Gasteiger partial charge in [-0.3, -0.25) is 4.79 Å². The number of piperidine rings is 1. The van der Waals surface area contributed by atoms with Gasteiger partial charge in [0.15, 0.2) is 5.82 Å². The maximum Gasteiger partial charge on any atom is 0.248 e. The molecule has 0 bridgehead atoms. The van der Waals surface area contributed by atoms with Crippen LogP contribution in [0.3, 0.4) is 0 Å². The van der Waals surface area contributed by atoms with Crippen LogP contribution in [0.4, 0.5) is 0 Å². The summed E-state index contributed by atoms with van der Waals surface area (Å²) in [5, 5.41) is 3.78. The van der Waals surface area contributed by atoms with Gasteiger partial charge in [-0.05, 0) is 19.8 Å². The Balaban J connectivity index is 1.99. The second kappa shape index (κ2) is 5.27. The van der Waals surface area contributed by atoms with Gasteiger partial charge in [0.1, 0.15) is 6.61 Å². The number of carbonyl (C=O) groups excluding carboxylic acids is 1. The monoisotopic (exact) mass is 239 g/mol. The van der Waals surface area contributed by atoms with E-state index in [0.717, 1.165) is 19.4 Å². The predicted molar refractivity (Wildman–Crippen MR) is 59.5 cm³/mol. The van der Waals surface area contributed by atoms with Crippen LogP contribution in [-0.4, -0.2) is 47.8 Å². The highest BCUT2D eigenvalue weighted by Gasteiger charge is 2.27. The van der Waals surface area contributed by atoms with Gasteiger partial charge in [0, 0.05) is 20.2 Å². The van der Waals surface area contributed by atoms with Crippen LogP contribution >= 0.6 is 0 Å². The van der Waals surface area contributed by atoms with Crippen LogP contribution < -0.4 is 0 Å². The number of nitrogens with zero attached hydrogens (tertiary/aromatic N) is 3. The zero-order chi connectivity index (χ0) is 12.3. The van der Waals surface area contributed by atoms with Crippen LogP contribution in [0.1, 0.15) is 30.5 Å². The first-order valence-corrected chi connectivity index (χ1v) is 5.77. The van der Waals surface area contributed by atoms with E-state index in [1.807, 2.05) is 0 Å². The zero-order valence-electron chi connectivity index (χ0n) is 10.2. The third-order valence-corrected chi connectivity index (χ3v) is 2.93. The van der Waals surface area contributed by atoms with Crippen molar-refractivity contribution in [1.82, 2.24) is 15.0 Å². The van der Waals surface area contributed by atoms with Gasteiger partial charge in [-0.1, -0.05) is 5.16 Å². The van der Waals surface area contributed by atoms with Crippen molar-refractivity contribution in [2.24, 2.45) is 0 Å². The fourth-order valence-electron chi connectivity index (χ4n) is 2.10. The molecule has 0 unspecified atom stereocenters. The number of amides is 1. The van der Waals surface area contributed by atoms with Crippen LogP contribution in [0.15, 0.2) is 4.52 Å². The molecule has 0 saturated carbocycles. The summed E-state index contributed by atoms with van der Waals surface area (Å²) >= 11 is 0. The number of aryl methyl sites for hydroxylation is 1. The molecule has 6 nitrogen and oxygen atoms in total. The summed E-state index contributed by atoms with van der Waals surface area (Å²) < 4.78 is 10.0. The largest absolute Gasteiger partial charge is 0.375 e. The molecule has 0 spiro atoms. The standard InChI is InChI=1S/C11H17N3O3/c1-8-12-11(17-13-8)9-4-3-5-14(6-9)10(15)7-16-2/h9H,3-7H2,1-2H3/t9-/m0/s1. The Morgan fingerprint density at radius 2 is 2.47 bits per heavy atom. The van der Waals surface area contributed by atoms with E-state index in [1.165, 1.54) is 7.11 Å². The predicted octanol–water partition coefficient (Wildman–Crippen LogP) is 0.730. The number of ether oxygens (including phenoxy) is 1. The third-order valence-electron chi connectivity index (χ3n) is 2.93. The Morgan fingerprint density at radius 1 is 1.65 bits per heavy atom. The van der Waals surface area contributed by atoms with Crippen molar-refractivity contribution >= 4 is 5.91 Å². The molecule has 94 valence electrons. The molecule has 1 aromatic heterocycles. The summed E-state index contributed by atoms with van der Waals surface area (Å²) in [6.07, 6.45) is 1.94. The molecule has 1 aliphatic rings. The quantitative estimate of drug-likeness (QED) is 0.777. The minimum atomic E-state index is 0.0217. The van der Waals surface area contributed by atoms with Crippen LogP contribution in [0, 0.1) is 6.92 Å². The molecule has 6 heteroatoms. The van der Waals surface area contributed by atoms with Gasteiger partial charge in [0.05, 0.1) is 5.92 Å². The summed E-state index contributed by atoms with van der Waals surface area (Å²) in [4.78, 5) is 17.7. The van der Waals surface area contributed by atoms with E-state index in [9.17, 15) is 4.79 Å². The molecule has 1 fully saturated rings. The average molecular weight is 239 g/mol. The first-order chi connectivity index (χ1) is 8.20. The van der Waals surface area contributed by atoms with Gasteiger partial charge >= 0.3 is 0 Å². The van der Waals surface area contributed by atoms with Gasteiger partial charge < -0.3 is 14.2 Å². The lowest BCUT2D eigenvalue weighted by atomic mass is 9.98. The number of likely N-dealkylation sites (tertiary alicyclic amines) is 1. The lowest BCUT2D eigenvalue weighted by Gasteiger charge is -2.30. The minimum absolute atomic E-state index is 0.0217. The maximum atomic E-state index is 11.7. The minimum Gasteiger partial charge on any atom is -0.375 e. The SMILES string of the molecule is COCC(=O)N1CCC[C@H](c2nc(C)no2)C1. The summed E-state index contributed by atoms with van der Waals surface area (Å²) in [5.41, 5.74) is 0. The first-order valence-electron chi connectivity index (χ1n) is 5.77. The van der Waals surface area contributed by atoms with Crippen molar-refractivity contribution in [3.8, 4) is 0 Å². The van der Waals surface area contributed by atoms with Crippen LogP contribution in [-0.2, 0) is 9.53 Å². The molecule has 0 N–H and O–H groups in total. The summed E-state index contributed by atoms with van der Waals surface area (Å²) in [6, 6.07) is 0. The Kier molecular flexibility index (Phi) is 3.73. The number of hydrogen-bond acceptors (Lipinski definition) is 5. The van der Waals surface area contributed by atoms with E-state index in [-0.39, 0.29) is 18.4 Å². The van der Waals surface area contributed by atoms with E-state index >= 15 is 0 Å². The van der Waals surface area contributed by atoms with E-state index < -0.39 is 0 Å². The summed E-state index contributed by atoms with van der Waals surface area (Å²) in [7, 11) is 1.53. The highest BCUT2D eigenvalue weighted by molar-refractivity contribution is 5.77. The molecular weight excluding hydrogens is 222 g/mol. The van der Waals surface area contributed by atoms with Gasteiger partial charge in [-0.15, -0.1) is 0 Å². The Labute approximate surface area is 99.9 Å². The van der Waals surface area contributed by atoms with E-state index in [1.54, 1.807) is 11.8 Å². The first kappa shape index (κ1) is 12.0. The highest BCUT2D eigenvalue weighted by atomic mass is 16.5. The van der Waals surface area contributed by atoms with Crippen LogP contribution in [0.25, 0.3) is 0 Å². The molecule has 17 heavy (non-hydrogen) atoms. The van der Waals surface area contributed by atoms with Crippen molar-refractivity contribution in [1.29, 1.82) is 0 Å². The Hall–Kier alpha value is -1.43. The van der Waals surface area contributed by atoms with Crippen molar-refractivity contribution in [3.05, 3.63) is 11.7 Å². The van der Waals surface area contributed by atoms with Gasteiger partial charge in [0.25, 0.3) is 0 Å². The molecule has 1 aromatic rings. The smallest absolute Gasteiger partial charge is 0.248 e. The summed E-state index contributed by atoms with van der Waals surface area (Å²) in [6.45, 7) is 3.36. The second-order valence-corrected chi connectivity index (χ2v) is 4.29. The molecule has 0 aliphatic carbocycles. The fraction of sp³-hybridized carbons (Fsp3) is 0.727. The van der Waals surface area contributed by atoms with E-state index in [0.29, 0.717) is 18.3 Å². The molecular formula is C11H17N3O3. The van der Waals surface area contributed by atoms with E-state index in [2.05, 4.69) is 10.1 Å². The van der Waals surface area contributed by atoms with Crippen molar-refractivity contribution in [2.75, 3.05) is 26.8 Å². The van der Waals surface area contributed by atoms with Crippen LogP contribution in [0.5, 0.6) is 0 Å². The maximum absolute atomic E-state index is 11.7. The molecule has 1 aliphatic heterocycles. The number of hydrogen-bond donors (Lipinski definition) is 0. The Morgan fingerprint density at radius 3 is 3.12 bits per heavy atom. The normalized spacial score (nSPS) is 20.6. The highest BCUT2D eigenvalue weighted by Crippen LogP contribution is 2.25. The van der Waals surface area contributed by atoms with Crippen LogP contribution in [0.2, 0.25) is 0 Å². The lowest BCUT2D eigenvalue weighted by molar-refractivity contribution is -0.136. The lowest BCUT2D eigenvalue weighted by Crippen LogP contribution is -2.40. The molecule has 0 radical (unpaired) electrons. The average Bonchev–Trinajstić information content (AvgIpc) is 2.76. The van der Waals surface area contributed by atoms with Crippen molar-refractivity contribution in [2.45, 2.75) is 25.7 Å². The number of carbonyl (C=O) groups is 1. The number of aromatic nitrogens is 2. The molecule has 1 amide bonds. The molecule has 1 saturated heterocycles. The topological polar surface area (TPSA) is 68.5 Å². The zero-order valence-corrected chi connectivity index (χ0v) is 10.2. The third kappa shape index (κ3) is 2.82. The molecule has 2 heterocycles. The van der Waals surface area contributed by atoms with E-state index in [4.69, 9.17) is 9.26 Å². The number of methoxy groups -OCH3 is 1. The molecule has 1 atom stereocenters. The van der Waals surface area contributed by atoms with Gasteiger partial charge in [-0.25, -0.2) is 0 Å². The fourth-order valence-corrected chi connectivity index (χ4v) is 2.10. The molecule has 0 aromatic carbocycles. The van der Waals surface area contributed by atoms with Crippen molar-refractivity contribution in [3.63, 3.8) is 0 Å². The summed E-state index contributed by atoms with van der Waals surface area (Å²) in [5.74, 6) is 1.46. The molecule has 2 rings (SSSR count). The van der Waals surface area contributed by atoms with Gasteiger partial charge in [0.2, 0.25) is 11.8 Å². The second-order valence-electron chi connectivity index (χ2n) is 4.29.